The molecule has 24 heavy (non-hydrogen) atoms. The smallest absolute Gasteiger partial charge is 0.315 e. The number of rotatable bonds is 6. The van der Waals surface area contributed by atoms with Crippen LogP contribution in [0, 0.1) is 5.92 Å². The Morgan fingerprint density at radius 3 is 2.38 bits per heavy atom. The van der Waals surface area contributed by atoms with Gasteiger partial charge in [0.05, 0.1) is 18.8 Å². The van der Waals surface area contributed by atoms with E-state index in [1.165, 1.54) is 0 Å². The van der Waals surface area contributed by atoms with Gasteiger partial charge in [0.1, 0.15) is 5.75 Å². The molecular formula is C19H30N2O3. The summed E-state index contributed by atoms with van der Waals surface area (Å²) >= 11 is 0. The fraction of sp³-hybridized carbons (Fsp3) is 0.632. The van der Waals surface area contributed by atoms with Gasteiger partial charge in [-0.15, -0.1) is 0 Å². The maximum atomic E-state index is 12.1. The fourth-order valence-corrected chi connectivity index (χ4v) is 2.84. The van der Waals surface area contributed by atoms with E-state index < -0.39 is 0 Å². The van der Waals surface area contributed by atoms with Crippen LogP contribution < -0.4 is 15.4 Å². The van der Waals surface area contributed by atoms with Crippen LogP contribution in [0.25, 0.3) is 0 Å². The zero-order valence-electron chi connectivity index (χ0n) is 14.9. The van der Waals surface area contributed by atoms with E-state index >= 15 is 0 Å². The van der Waals surface area contributed by atoms with Crippen molar-refractivity contribution in [2.45, 2.75) is 64.6 Å². The van der Waals surface area contributed by atoms with E-state index in [0.29, 0.717) is 12.5 Å². The average Bonchev–Trinajstić information content (AvgIpc) is 2.55. The molecule has 1 aliphatic rings. The molecule has 1 aromatic carbocycles. The summed E-state index contributed by atoms with van der Waals surface area (Å²) in [5, 5.41) is 15.5. The molecule has 134 valence electrons. The number of amides is 2. The number of hydrogen-bond acceptors (Lipinski definition) is 3. The number of nitrogens with one attached hydrogen (secondary N) is 2. The Morgan fingerprint density at radius 2 is 1.79 bits per heavy atom. The van der Waals surface area contributed by atoms with E-state index in [1.807, 2.05) is 31.2 Å². The molecule has 3 N–H and O–H groups in total. The molecule has 0 saturated heterocycles. The second-order valence-electron chi connectivity index (χ2n) is 7.12. The number of aliphatic hydroxyl groups excluding tert-OH is 1. The van der Waals surface area contributed by atoms with Crippen LogP contribution in [0.3, 0.4) is 0 Å². The van der Waals surface area contributed by atoms with Crippen LogP contribution in [0.1, 0.15) is 58.1 Å². The van der Waals surface area contributed by atoms with Crippen LogP contribution in [0.15, 0.2) is 24.3 Å². The molecule has 5 heteroatoms. The predicted octanol–water partition coefficient (Wildman–Crippen LogP) is 3.39. The molecule has 1 atom stereocenters. The highest BCUT2D eigenvalue weighted by atomic mass is 16.5. The van der Waals surface area contributed by atoms with E-state index in [0.717, 1.165) is 37.0 Å². The Hall–Kier alpha value is -1.75. The maximum absolute atomic E-state index is 12.1. The number of ether oxygens (including phenoxy) is 1. The molecule has 2 amide bonds. The number of urea groups is 1. The van der Waals surface area contributed by atoms with Crippen molar-refractivity contribution in [2.24, 2.45) is 5.92 Å². The molecule has 0 aromatic heterocycles. The molecule has 0 heterocycles. The SMILES string of the molecule is CC(C)COc1ccc(C(C)NC(=O)NC2CCC(O)CC2)cc1. The van der Waals surface area contributed by atoms with Gasteiger partial charge in [-0.3, -0.25) is 0 Å². The molecule has 1 unspecified atom stereocenters. The lowest BCUT2D eigenvalue weighted by molar-refractivity contribution is 0.117. The Labute approximate surface area is 144 Å². The Bertz CT molecular complexity index is 508. The van der Waals surface area contributed by atoms with Gasteiger partial charge in [0, 0.05) is 6.04 Å². The van der Waals surface area contributed by atoms with Gasteiger partial charge in [-0.1, -0.05) is 26.0 Å². The van der Waals surface area contributed by atoms with Crippen molar-refractivity contribution in [2.75, 3.05) is 6.61 Å². The van der Waals surface area contributed by atoms with E-state index in [4.69, 9.17) is 4.74 Å². The highest BCUT2D eigenvalue weighted by molar-refractivity contribution is 5.74. The minimum absolute atomic E-state index is 0.0710. The lowest BCUT2D eigenvalue weighted by Gasteiger charge is -2.27. The molecular weight excluding hydrogens is 304 g/mol. The predicted molar refractivity (Wildman–Crippen MR) is 95.1 cm³/mol. The number of carbonyl (C=O) groups excluding carboxylic acids is 1. The van der Waals surface area contributed by atoms with Crippen LogP contribution in [0.5, 0.6) is 5.75 Å². The van der Waals surface area contributed by atoms with Crippen molar-refractivity contribution in [1.82, 2.24) is 10.6 Å². The van der Waals surface area contributed by atoms with E-state index in [9.17, 15) is 9.90 Å². The second kappa shape index (κ2) is 8.92. The summed E-state index contributed by atoms with van der Waals surface area (Å²) in [6.45, 7) is 6.90. The van der Waals surface area contributed by atoms with Crippen molar-refractivity contribution in [1.29, 1.82) is 0 Å². The largest absolute Gasteiger partial charge is 0.493 e. The molecule has 2 rings (SSSR count). The van der Waals surface area contributed by atoms with Gasteiger partial charge in [0.25, 0.3) is 0 Å². The van der Waals surface area contributed by atoms with Crippen molar-refractivity contribution >= 4 is 6.03 Å². The zero-order chi connectivity index (χ0) is 17.5. The molecule has 0 spiro atoms. The summed E-state index contributed by atoms with van der Waals surface area (Å²) in [4.78, 5) is 12.1. The fourth-order valence-electron chi connectivity index (χ4n) is 2.84. The Balaban J connectivity index is 1.78. The Morgan fingerprint density at radius 1 is 1.17 bits per heavy atom. The first-order valence-corrected chi connectivity index (χ1v) is 8.92. The molecule has 5 nitrogen and oxygen atoms in total. The van der Waals surface area contributed by atoms with Crippen molar-refractivity contribution in [3.8, 4) is 5.75 Å². The maximum Gasteiger partial charge on any atom is 0.315 e. The minimum Gasteiger partial charge on any atom is -0.493 e. The van der Waals surface area contributed by atoms with Gasteiger partial charge < -0.3 is 20.5 Å². The average molecular weight is 334 g/mol. The lowest BCUT2D eigenvalue weighted by atomic mass is 9.93. The van der Waals surface area contributed by atoms with Crippen LogP contribution in [-0.4, -0.2) is 29.9 Å². The van der Waals surface area contributed by atoms with Crippen LogP contribution in [0.4, 0.5) is 4.79 Å². The quantitative estimate of drug-likeness (QED) is 0.747. The zero-order valence-corrected chi connectivity index (χ0v) is 14.9. The molecule has 0 radical (unpaired) electrons. The van der Waals surface area contributed by atoms with E-state index in [1.54, 1.807) is 0 Å². The Kier molecular flexibility index (Phi) is 6.91. The summed E-state index contributed by atoms with van der Waals surface area (Å²) in [6, 6.07) is 7.79. The third-order valence-corrected chi connectivity index (χ3v) is 4.34. The molecule has 1 fully saturated rings. The first kappa shape index (κ1) is 18.6. The van der Waals surface area contributed by atoms with Crippen LogP contribution in [0.2, 0.25) is 0 Å². The first-order valence-electron chi connectivity index (χ1n) is 8.92. The normalized spacial score (nSPS) is 22.0. The highest BCUT2D eigenvalue weighted by Crippen LogP contribution is 2.20. The molecule has 1 saturated carbocycles. The monoisotopic (exact) mass is 334 g/mol. The number of aliphatic hydroxyl groups is 1. The third-order valence-electron chi connectivity index (χ3n) is 4.34. The van der Waals surface area contributed by atoms with Gasteiger partial charge in [0.15, 0.2) is 0 Å². The third kappa shape index (κ3) is 6.04. The second-order valence-corrected chi connectivity index (χ2v) is 7.12. The van der Waals surface area contributed by atoms with Gasteiger partial charge >= 0.3 is 6.03 Å². The van der Waals surface area contributed by atoms with Crippen molar-refractivity contribution < 1.29 is 14.6 Å². The molecule has 0 bridgehead atoms. The minimum atomic E-state index is -0.207. The van der Waals surface area contributed by atoms with E-state index in [2.05, 4.69) is 24.5 Å². The lowest BCUT2D eigenvalue weighted by Crippen LogP contribution is -2.44. The standard InChI is InChI=1S/C19H30N2O3/c1-13(2)12-24-18-10-4-15(5-11-18)14(3)20-19(23)21-16-6-8-17(22)9-7-16/h4-5,10-11,13-14,16-17,22H,6-9,12H2,1-3H3,(H2,20,21,23). The van der Waals surface area contributed by atoms with Gasteiger partial charge in [-0.05, 0) is 56.2 Å². The summed E-state index contributed by atoms with van der Waals surface area (Å²) in [5.41, 5.74) is 1.04. The first-order chi connectivity index (χ1) is 11.4. The topological polar surface area (TPSA) is 70.6 Å². The summed E-state index contributed by atoms with van der Waals surface area (Å²) in [7, 11) is 0. The van der Waals surface area contributed by atoms with Gasteiger partial charge in [-0.2, -0.15) is 0 Å². The number of hydrogen-bond donors (Lipinski definition) is 3. The van der Waals surface area contributed by atoms with Crippen LogP contribution in [-0.2, 0) is 0 Å². The number of carbonyl (C=O) groups is 1. The van der Waals surface area contributed by atoms with Crippen LogP contribution >= 0.6 is 0 Å². The van der Waals surface area contributed by atoms with Crippen molar-refractivity contribution in [3.63, 3.8) is 0 Å². The summed E-state index contributed by atoms with van der Waals surface area (Å²) in [6.07, 6.45) is 2.99. The summed E-state index contributed by atoms with van der Waals surface area (Å²) < 4.78 is 5.67. The summed E-state index contributed by atoms with van der Waals surface area (Å²) in [5.74, 6) is 1.35. The van der Waals surface area contributed by atoms with Crippen molar-refractivity contribution in [3.05, 3.63) is 29.8 Å². The van der Waals surface area contributed by atoms with Gasteiger partial charge in [0.2, 0.25) is 0 Å². The highest BCUT2D eigenvalue weighted by Gasteiger charge is 2.21. The van der Waals surface area contributed by atoms with Gasteiger partial charge in [-0.25, -0.2) is 4.79 Å². The molecule has 1 aromatic rings. The molecule has 1 aliphatic carbocycles. The van der Waals surface area contributed by atoms with E-state index in [-0.39, 0.29) is 24.2 Å². The number of benzene rings is 1. The molecule has 0 aliphatic heterocycles.